The van der Waals surface area contributed by atoms with E-state index in [4.69, 9.17) is 9.52 Å². The molecule has 0 fully saturated rings. The third-order valence-corrected chi connectivity index (χ3v) is 5.90. The largest absolute Gasteiger partial charge is 0.437 e. The molecule has 2 heterocycles. The van der Waals surface area contributed by atoms with Crippen LogP contribution < -0.4 is 16.0 Å². The smallest absolute Gasteiger partial charge is 0.319 e. The molecule has 0 bridgehead atoms. The van der Waals surface area contributed by atoms with Gasteiger partial charge in [-0.1, -0.05) is 72.8 Å². The molecule has 0 saturated carbocycles. The minimum Gasteiger partial charge on any atom is -0.437 e. The molecule has 8 heteroatoms. The lowest BCUT2D eigenvalue weighted by Crippen LogP contribution is -2.30. The summed E-state index contributed by atoms with van der Waals surface area (Å²) in [5.41, 5.74) is 5.29. The number of hydrogen-bond donors (Lipinski definition) is 4. The number of furan rings is 1. The highest BCUT2D eigenvalue weighted by molar-refractivity contribution is 6.05. The summed E-state index contributed by atoms with van der Waals surface area (Å²) in [6.07, 6.45) is 2.27. The van der Waals surface area contributed by atoms with Crippen molar-refractivity contribution in [2.24, 2.45) is 0 Å². The fourth-order valence-electron chi connectivity index (χ4n) is 4.17. The van der Waals surface area contributed by atoms with Crippen LogP contribution in [-0.2, 0) is 6.42 Å². The molecule has 0 atom stereocenters. The standard InChI is InChI=1S/C29H27N5O3/c35-18-17-31-29(36)34-23-13-11-20(12-14-23)15-16-30-27-25-24(21-7-3-1-4-8-21)26(22-9-5-2-6-10-22)37-28(25)33-19-32-27/h1-14,19,35H,15-18H2,(H,30,32,33)(H2,31,34,36). The number of aliphatic hydroxyl groups is 1. The van der Waals surface area contributed by atoms with Crippen LogP contribution in [0.4, 0.5) is 16.3 Å². The van der Waals surface area contributed by atoms with Gasteiger partial charge in [-0.2, -0.15) is 0 Å². The first-order valence-corrected chi connectivity index (χ1v) is 12.1. The third kappa shape index (κ3) is 5.60. The summed E-state index contributed by atoms with van der Waals surface area (Å²) < 4.78 is 6.27. The third-order valence-electron chi connectivity index (χ3n) is 5.90. The minimum atomic E-state index is -0.347. The Balaban J connectivity index is 1.36. The Hall–Kier alpha value is -4.69. The Morgan fingerprint density at radius 2 is 1.54 bits per heavy atom. The maximum absolute atomic E-state index is 11.8. The highest BCUT2D eigenvalue weighted by Gasteiger charge is 2.21. The van der Waals surface area contributed by atoms with Crippen LogP contribution >= 0.6 is 0 Å². The molecule has 0 aliphatic heterocycles. The summed E-state index contributed by atoms with van der Waals surface area (Å²) >= 11 is 0. The van der Waals surface area contributed by atoms with Crippen molar-refractivity contribution in [3.05, 3.63) is 96.8 Å². The molecule has 0 saturated heterocycles. The summed E-state index contributed by atoms with van der Waals surface area (Å²) in [5, 5.41) is 18.4. The molecule has 0 spiro atoms. The van der Waals surface area contributed by atoms with Gasteiger partial charge in [0.15, 0.2) is 0 Å². The number of anilines is 2. The van der Waals surface area contributed by atoms with Gasteiger partial charge in [-0.3, -0.25) is 0 Å². The van der Waals surface area contributed by atoms with Crippen molar-refractivity contribution in [2.75, 3.05) is 30.3 Å². The number of carbonyl (C=O) groups is 1. The van der Waals surface area contributed by atoms with E-state index in [0.717, 1.165) is 39.8 Å². The number of nitrogens with zero attached hydrogens (tertiary/aromatic N) is 2. The summed E-state index contributed by atoms with van der Waals surface area (Å²) in [4.78, 5) is 20.7. The summed E-state index contributed by atoms with van der Waals surface area (Å²) in [6.45, 7) is 0.758. The molecule has 8 nitrogen and oxygen atoms in total. The van der Waals surface area contributed by atoms with Gasteiger partial charge in [-0.05, 0) is 29.7 Å². The highest BCUT2D eigenvalue weighted by atomic mass is 16.3. The second-order valence-corrected chi connectivity index (χ2v) is 8.42. The zero-order valence-electron chi connectivity index (χ0n) is 20.1. The van der Waals surface area contributed by atoms with Gasteiger partial charge >= 0.3 is 6.03 Å². The molecular weight excluding hydrogens is 466 g/mol. The maximum atomic E-state index is 11.8. The lowest BCUT2D eigenvalue weighted by atomic mass is 9.99. The monoisotopic (exact) mass is 493 g/mol. The highest BCUT2D eigenvalue weighted by Crippen LogP contribution is 2.42. The fraction of sp³-hybridized carbons (Fsp3) is 0.138. The van der Waals surface area contributed by atoms with E-state index in [0.29, 0.717) is 23.8 Å². The van der Waals surface area contributed by atoms with E-state index in [1.807, 2.05) is 72.8 Å². The first-order chi connectivity index (χ1) is 18.2. The van der Waals surface area contributed by atoms with Crippen molar-refractivity contribution in [1.29, 1.82) is 0 Å². The van der Waals surface area contributed by atoms with Crippen LogP contribution in [-0.4, -0.2) is 40.8 Å². The topological polar surface area (TPSA) is 112 Å². The molecule has 3 aromatic carbocycles. The zero-order valence-corrected chi connectivity index (χ0v) is 20.1. The Labute approximate surface area is 214 Å². The van der Waals surface area contributed by atoms with Crippen molar-refractivity contribution in [3.63, 3.8) is 0 Å². The number of amides is 2. The van der Waals surface area contributed by atoms with E-state index < -0.39 is 0 Å². The lowest BCUT2D eigenvalue weighted by molar-refractivity contribution is 0.245. The Morgan fingerprint density at radius 3 is 2.24 bits per heavy atom. The van der Waals surface area contributed by atoms with Crippen LogP contribution in [0, 0.1) is 0 Å². The van der Waals surface area contributed by atoms with Gasteiger partial charge in [0.1, 0.15) is 17.9 Å². The van der Waals surface area contributed by atoms with Crippen molar-refractivity contribution >= 4 is 28.6 Å². The van der Waals surface area contributed by atoms with Crippen LogP contribution in [0.5, 0.6) is 0 Å². The number of aliphatic hydroxyl groups excluding tert-OH is 1. The summed E-state index contributed by atoms with van der Waals surface area (Å²) in [7, 11) is 0. The van der Waals surface area contributed by atoms with Crippen molar-refractivity contribution in [3.8, 4) is 22.5 Å². The van der Waals surface area contributed by atoms with Crippen LogP contribution in [0.15, 0.2) is 95.7 Å². The number of nitrogens with one attached hydrogen (secondary N) is 3. The molecule has 0 unspecified atom stereocenters. The second kappa shape index (κ2) is 11.4. The second-order valence-electron chi connectivity index (χ2n) is 8.42. The molecule has 5 rings (SSSR count). The number of hydrogen-bond acceptors (Lipinski definition) is 6. The zero-order chi connectivity index (χ0) is 25.5. The molecule has 5 aromatic rings. The van der Waals surface area contributed by atoms with Crippen molar-refractivity contribution < 1.29 is 14.3 Å². The summed E-state index contributed by atoms with van der Waals surface area (Å²) in [5.74, 6) is 1.48. The van der Waals surface area contributed by atoms with E-state index >= 15 is 0 Å². The Kier molecular flexibility index (Phi) is 7.38. The van der Waals surface area contributed by atoms with Gasteiger partial charge in [0, 0.05) is 29.9 Å². The van der Waals surface area contributed by atoms with Gasteiger partial charge in [0.2, 0.25) is 5.71 Å². The van der Waals surface area contributed by atoms with Gasteiger partial charge in [0.05, 0.1) is 12.0 Å². The van der Waals surface area contributed by atoms with E-state index in [2.05, 4.69) is 38.1 Å². The number of fused-ring (bicyclic) bond motifs is 1. The molecule has 2 aromatic heterocycles. The van der Waals surface area contributed by atoms with Crippen LogP contribution in [0.2, 0.25) is 0 Å². The SMILES string of the molecule is O=C(NCCO)Nc1ccc(CCNc2ncnc3oc(-c4ccccc4)c(-c4ccccc4)c23)cc1. The molecule has 0 aliphatic rings. The number of carbonyl (C=O) groups excluding carboxylic acids is 1. The number of rotatable bonds is 9. The molecule has 0 radical (unpaired) electrons. The summed E-state index contributed by atoms with van der Waals surface area (Å²) in [6, 6.07) is 27.5. The molecule has 186 valence electrons. The fourth-order valence-corrected chi connectivity index (χ4v) is 4.17. The molecule has 0 aliphatic carbocycles. The normalized spacial score (nSPS) is 10.8. The Bertz CT molecular complexity index is 1470. The molecule has 2 amide bonds. The predicted molar refractivity (Wildman–Crippen MR) is 145 cm³/mol. The van der Waals surface area contributed by atoms with Crippen LogP contribution in [0.25, 0.3) is 33.6 Å². The quantitative estimate of drug-likeness (QED) is 0.221. The first-order valence-electron chi connectivity index (χ1n) is 12.1. The average molecular weight is 494 g/mol. The van der Waals surface area contributed by atoms with Crippen molar-refractivity contribution in [2.45, 2.75) is 6.42 Å². The number of aromatic nitrogens is 2. The lowest BCUT2D eigenvalue weighted by Gasteiger charge is -2.10. The van der Waals surface area contributed by atoms with E-state index in [-0.39, 0.29) is 19.2 Å². The van der Waals surface area contributed by atoms with Gasteiger partial charge < -0.3 is 25.5 Å². The number of urea groups is 1. The van der Waals surface area contributed by atoms with E-state index in [9.17, 15) is 4.79 Å². The molecule has 4 N–H and O–H groups in total. The predicted octanol–water partition coefficient (Wildman–Crippen LogP) is 5.33. The van der Waals surface area contributed by atoms with E-state index in [1.165, 1.54) is 6.33 Å². The number of benzene rings is 3. The van der Waals surface area contributed by atoms with Gasteiger partial charge in [0.25, 0.3) is 0 Å². The van der Waals surface area contributed by atoms with Gasteiger partial charge in [-0.15, -0.1) is 0 Å². The molecular formula is C29H27N5O3. The first kappa shape index (κ1) is 24.0. The van der Waals surface area contributed by atoms with Gasteiger partial charge in [-0.25, -0.2) is 14.8 Å². The van der Waals surface area contributed by atoms with Crippen LogP contribution in [0.3, 0.4) is 0 Å². The van der Waals surface area contributed by atoms with Crippen molar-refractivity contribution in [1.82, 2.24) is 15.3 Å². The van der Waals surface area contributed by atoms with Crippen LogP contribution in [0.1, 0.15) is 5.56 Å². The average Bonchev–Trinajstić information content (AvgIpc) is 3.34. The van der Waals surface area contributed by atoms with E-state index in [1.54, 1.807) is 0 Å². The Morgan fingerprint density at radius 1 is 0.838 bits per heavy atom. The minimum absolute atomic E-state index is 0.1000. The maximum Gasteiger partial charge on any atom is 0.319 e. The molecule has 37 heavy (non-hydrogen) atoms.